The van der Waals surface area contributed by atoms with E-state index in [9.17, 15) is 13.2 Å². The molecule has 1 aliphatic heterocycles. The number of rotatable bonds is 9. The first kappa shape index (κ1) is 23.3. The average Bonchev–Trinajstić information content (AvgIpc) is 2.78. The number of nitrogens with one attached hydrogen (secondary N) is 1. The molecule has 1 amide bonds. The molecule has 1 saturated heterocycles. The molecule has 2 aromatic rings. The largest absolute Gasteiger partial charge is 0.354 e. The SMILES string of the molecule is Cc1ccc(N(CC(=O)NCCCN2CCCCC2)S(=O)(=O)c2ccccc2)cc1C. The zero-order valence-electron chi connectivity index (χ0n) is 18.5. The maximum atomic E-state index is 13.3. The van der Waals surface area contributed by atoms with E-state index in [-0.39, 0.29) is 17.3 Å². The minimum atomic E-state index is -3.86. The Hall–Kier alpha value is -2.38. The number of nitrogens with zero attached hydrogens (tertiary/aromatic N) is 2. The van der Waals surface area contributed by atoms with Gasteiger partial charge in [-0.1, -0.05) is 30.7 Å². The summed E-state index contributed by atoms with van der Waals surface area (Å²) in [7, 11) is -3.86. The number of piperidine rings is 1. The van der Waals surface area contributed by atoms with Crippen molar-refractivity contribution in [3.8, 4) is 0 Å². The van der Waals surface area contributed by atoms with E-state index in [1.165, 1.54) is 23.6 Å². The average molecular weight is 444 g/mol. The van der Waals surface area contributed by atoms with Crippen molar-refractivity contribution in [3.63, 3.8) is 0 Å². The van der Waals surface area contributed by atoms with Gasteiger partial charge in [-0.3, -0.25) is 9.10 Å². The summed E-state index contributed by atoms with van der Waals surface area (Å²) in [6.45, 7) is 7.43. The van der Waals surface area contributed by atoms with Gasteiger partial charge in [-0.05, 0) is 88.1 Å². The molecule has 168 valence electrons. The van der Waals surface area contributed by atoms with Crippen molar-refractivity contribution < 1.29 is 13.2 Å². The fourth-order valence-electron chi connectivity index (χ4n) is 3.82. The summed E-state index contributed by atoms with van der Waals surface area (Å²) in [5.74, 6) is -0.295. The molecule has 2 aromatic carbocycles. The van der Waals surface area contributed by atoms with Crippen molar-refractivity contribution in [1.82, 2.24) is 10.2 Å². The number of hydrogen-bond donors (Lipinski definition) is 1. The van der Waals surface area contributed by atoms with Crippen molar-refractivity contribution in [2.45, 2.75) is 44.4 Å². The van der Waals surface area contributed by atoms with Crippen molar-refractivity contribution in [3.05, 3.63) is 59.7 Å². The molecule has 0 bridgehead atoms. The highest BCUT2D eigenvalue weighted by molar-refractivity contribution is 7.92. The second kappa shape index (κ2) is 10.8. The van der Waals surface area contributed by atoms with Crippen molar-refractivity contribution in [2.75, 3.05) is 37.0 Å². The van der Waals surface area contributed by atoms with Crippen LogP contribution >= 0.6 is 0 Å². The van der Waals surface area contributed by atoms with E-state index in [0.717, 1.165) is 37.2 Å². The highest BCUT2D eigenvalue weighted by Gasteiger charge is 2.27. The molecule has 6 nitrogen and oxygen atoms in total. The Balaban J connectivity index is 1.69. The van der Waals surface area contributed by atoms with Gasteiger partial charge in [0.2, 0.25) is 5.91 Å². The fraction of sp³-hybridized carbons (Fsp3) is 0.458. The van der Waals surface area contributed by atoms with Crippen molar-refractivity contribution in [2.24, 2.45) is 0 Å². The van der Waals surface area contributed by atoms with E-state index in [1.54, 1.807) is 36.4 Å². The van der Waals surface area contributed by atoms with Crippen LogP contribution in [0.3, 0.4) is 0 Å². The van der Waals surface area contributed by atoms with Crippen LogP contribution in [0.5, 0.6) is 0 Å². The summed E-state index contributed by atoms with van der Waals surface area (Å²) in [4.78, 5) is 15.3. The zero-order valence-corrected chi connectivity index (χ0v) is 19.3. The van der Waals surface area contributed by atoms with Gasteiger partial charge in [-0.25, -0.2) is 8.42 Å². The van der Waals surface area contributed by atoms with E-state index in [1.807, 2.05) is 26.0 Å². The number of carbonyl (C=O) groups is 1. The van der Waals surface area contributed by atoms with Crippen molar-refractivity contribution >= 4 is 21.6 Å². The number of carbonyl (C=O) groups excluding carboxylic acids is 1. The van der Waals surface area contributed by atoms with Gasteiger partial charge in [0.15, 0.2) is 0 Å². The molecule has 1 fully saturated rings. The smallest absolute Gasteiger partial charge is 0.264 e. The van der Waals surface area contributed by atoms with Gasteiger partial charge < -0.3 is 10.2 Å². The second-order valence-electron chi connectivity index (χ2n) is 8.20. The Morgan fingerprint density at radius 3 is 2.39 bits per heavy atom. The predicted molar refractivity (Wildman–Crippen MR) is 125 cm³/mol. The van der Waals surface area contributed by atoms with Gasteiger partial charge in [-0.2, -0.15) is 0 Å². The van der Waals surface area contributed by atoms with Crippen LogP contribution in [0, 0.1) is 13.8 Å². The molecule has 0 atom stereocenters. The van der Waals surface area contributed by atoms with Crippen LogP contribution < -0.4 is 9.62 Å². The highest BCUT2D eigenvalue weighted by atomic mass is 32.2. The maximum Gasteiger partial charge on any atom is 0.264 e. The molecular weight excluding hydrogens is 410 g/mol. The Bertz CT molecular complexity index is 971. The van der Waals surface area contributed by atoms with Crippen LogP contribution in [0.25, 0.3) is 0 Å². The minimum Gasteiger partial charge on any atom is -0.354 e. The predicted octanol–water partition coefficient (Wildman–Crippen LogP) is 3.49. The van der Waals surface area contributed by atoms with E-state index in [2.05, 4.69) is 10.2 Å². The summed E-state index contributed by atoms with van der Waals surface area (Å²) in [5.41, 5.74) is 2.55. The maximum absolute atomic E-state index is 13.3. The second-order valence-corrected chi connectivity index (χ2v) is 10.1. The number of benzene rings is 2. The topological polar surface area (TPSA) is 69.7 Å². The number of anilines is 1. The van der Waals surface area contributed by atoms with Crippen molar-refractivity contribution in [1.29, 1.82) is 0 Å². The lowest BCUT2D eigenvalue weighted by atomic mass is 10.1. The molecule has 0 unspecified atom stereocenters. The molecular formula is C24H33N3O3S. The Kier molecular flexibility index (Phi) is 8.09. The van der Waals surface area contributed by atoms with Gasteiger partial charge in [-0.15, -0.1) is 0 Å². The third-order valence-corrected chi connectivity index (χ3v) is 7.61. The molecule has 1 heterocycles. The van der Waals surface area contributed by atoms with E-state index >= 15 is 0 Å². The first-order chi connectivity index (χ1) is 14.9. The van der Waals surface area contributed by atoms with Gasteiger partial charge in [0.05, 0.1) is 10.6 Å². The van der Waals surface area contributed by atoms with E-state index < -0.39 is 10.0 Å². The van der Waals surface area contributed by atoms with Crippen LogP contribution in [0.1, 0.15) is 36.8 Å². The third-order valence-electron chi connectivity index (χ3n) is 5.82. The van der Waals surface area contributed by atoms with Gasteiger partial charge in [0.1, 0.15) is 6.54 Å². The van der Waals surface area contributed by atoms with E-state index in [4.69, 9.17) is 0 Å². The third kappa shape index (κ3) is 6.31. The fourth-order valence-corrected chi connectivity index (χ4v) is 5.25. The van der Waals surface area contributed by atoms with Crippen LogP contribution in [0.4, 0.5) is 5.69 Å². The van der Waals surface area contributed by atoms with Crippen LogP contribution in [0.15, 0.2) is 53.4 Å². The Morgan fingerprint density at radius 2 is 1.71 bits per heavy atom. The summed E-state index contributed by atoms with van der Waals surface area (Å²) in [6.07, 6.45) is 4.65. The Morgan fingerprint density at radius 1 is 1.00 bits per heavy atom. The normalized spacial score (nSPS) is 14.9. The molecule has 0 spiro atoms. The van der Waals surface area contributed by atoms with Gasteiger partial charge in [0, 0.05) is 6.54 Å². The monoisotopic (exact) mass is 443 g/mol. The van der Waals surface area contributed by atoms with Crippen LogP contribution in [-0.2, 0) is 14.8 Å². The first-order valence-electron chi connectivity index (χ1n) is 11.0. The molecule has 0 saturated carbocycles. The quantitative estimate of drug-likeness (QED) is 0.603. The molecule has 0 aromatic heterocycles. The lowest BCUT2D eigenvalue weighted by molar-refractivity contribution is -0.119. The van der Waals surface area contributed by atoms with Crippen LogP contribution in [0.2, 0.25) is 0 Å². The first-order valence-corrected chi connectivity index (χ1v) is 12.5. The molecule has 1 aliphatic rings. The Labute approximate surface area is 186 Å². The number of hydrogen-bond acceptors (Lipinski definition) is 4. The molecule has 1 N–H and O–H groups in total. The standard InChI is InChI=1S/C24H33N3O3S/c1-20-12-13-22(18-21(20)2)27(31(29,30)23-10-5-3-6-11-23)19-24(28)25-14-9-17-26-15-7-4-8-16-26/h3,5-6,10-13,18H,4,7-9,14-17,19H2,1-2H3,(H,25,28). The lowest BCUT2D eigenvalue weighted by Gasteiger charge is -2.26. The highest BCUT2D eigenvalue weighted by Crippen LogP contribution is 2.25. The molecule has 3 rings (SSSR count). The molecule has 0 aliphatic carbocycles. The van der Waals surface area contributed by atoms with Gasteiger partial charge >= 0.3 is 0 Å². The number of amides is 1. The summed E-state index contributed by atoms with van der Waals surface area (Å²) < 4.78 is 27.9. The van der Waals surface area contributed by atoms with Crippen LogP contribution in [-0.4, -0.2) is 51.9 Å². The zero-order chi connectivity index (χ0) is 22.3. The number of aryl methyl sites for hydroxylation is 2. The number of likely N-dealkylation sites (tertiary alicyclic amines) is 1. The summed E-state index contributed by atoms with van der Waals surface area (Å²) >= 11 is 0. The minimum absolute atomic E-state index is 0.172. The number of sulfonamides is 1. The summed E-state index contributed by atoms with van der Waals surface area (Å²) in [5, 5.41) is 2.90. The van der Waals surface area contributed by atoms with E-state index in [0.29, 0.717) is 12.2 Å². The lowest BCUT2D eigenvalue weighted by Crippen LogP contribution is -2.41. The molecule has 31 heavy (non-hydrogen) atoms. The summed E-state index contributed by atoms with van der Waals surface area (Å²) in [6, 6.07) is 13.7. The molecule has 7 heteroatoms. The van der Waals surface area contributed by atoms with Gasteiger partial charge in [0.25, 0.3) is 10.0 Å². The molecule has 0 radical (unpaired) electrons.